The van der Waals surface area contributed by atoms with Crippen LogP contribution in [0.15, 0.2) is 59.2 Å². The molecule has 0 heterocycles. The lowest BCUT2D eigenvalue weighted by Crippen LogP contribution is -2.51. The molecule has 4 aliphatic carbocycles. The summed E-state index contributed by atoms with van der Waals surface area (Å²) in [5.74, 6) is 0.179. The monoisotopic (exact) mass is 550 g/mol. The number of ketones is 1. The van der Waals surface area contributed by atoms with Crippen molar-refractivity contribution in [3.63, 3.8) is 0 Å². The molecule has 3 saturated carbocycles. The predicted octanol–water partition coefficient (Wildman–Crippen LogP) is 6.51. The van der Waals surface area contributed by atoms with Gasteiger partial charge in [-0.3, -0.25) is 4.79 Å². The topological polar surface area (TPSA) is 80.7 Å². The summed E-state index contributed by atoms with van der Waals surface area (Å²) in [5, 5.41) is 11.9. The normalized spacial score (nSPS) is 33.6. The SMILES string of the molecule is CC=CC[C@]1(O)CC[C@H]2[C@@H]3CC=C4CC(=O)CCC4=C3[C@@H](c3ccc(OS(=O)(=O)C(F)(F)F)cc3)C[C@@]21C. The molecule has 0 radical (unpaired) electrons. The molecule has 0 amide bonds. The van der Waals surface area contributed by atoms with Gasteiger partial charge in [0.15, 0.2) is 0 Å². The first-order chi connectivity index (χ1) is 17.8. The highest BCUT2D eigenvalue weighted by Crippen LogP contribution is 2.67. The van der Waals surface area contributed by atoms with Crippen LogP contribution in [-0.2, 0) is 14.9 Å². The number of carbonyl (C=O) groups excluding carboxylic acids is 1. The number of halogens is 3. The van der Waals surface area contributed by atoms with Crippen molar-refractivity contribution in [2.45, 2.75) is 82.2 Å². The summed E-state index contributed by atoms with van der Waals surface area (Å²) in [6, 6.07) is 5.79. The second kappa shape index (κ2) is 9.37. The Kier molecular flexibility index (Phi) is 6.70. The fraction of sp³-hybridized carbons (Fsp3) is 0.552. The molecule has 9 heteroatoms. The van der Waals surface area contributed by atoms with Crippen LogP contribution in [0.1, 0.15) is 76.7 Å². The van der Waals surface area contributed by atoms with E-state index in [9.17, 15) is 31.5 Å². The van der Waals surface area contributed by atoms with Gasteiger partial charge in [-0.1, -0.05) is 42.9 Å². The van der Waals surface area contributed by atoms with Crippen molar-refractivity contribution in [3.05, 3.63) is 64.8 Å². The summed E-state index contributed by atoms with van der Waals surface area (Å²) in [5.41, 5.74) is -2.36. The van der Waals surface area contributed by atoms with E-state index in [4.69, 9.17) is 0 Å². The molecular weight excluding hydrogens is 517 g/mol. The van der Waals surface area contributed by atoms with E-state index in [0.717, 1.165) is 24.0 Å². The molecule has 0 spiro atoms. The van der Waals surface area contributed by atoms with E-state index in [1.54, 1.807) is 12.1 Å². The smallest absolute Gasteiger partial charge is 0.389 e. The number of rotatable bonds is 5. The molecule has 0 aliphatic heterocycles. The van der Waals surface area contributed by atoms with E-state index >= 15 is 0 Å². The molecule has 5 rings (SSSR count). The summed E-state index contributed by atoms with van der Waals surface area (Å²) in [4.78, 5) is 12.2. The molecule has 1 aromatic rings. The summed E-state index contributed by atoms with van der Waals surface area (Å²) in [7, 11) is -5.76. The zero-order chi connectivity index (χ0) is 27.5. The lowest BCUT2D eigenvalue weighted by Gasteiger charge is -2.54. The Balaban J connectivity index is 1.56. The maximum Gasteiger partial charge on any atom is 0.534 e. The van der Waals surface area contributed by atoms with Crippen LogP contribution in [0.25, 0.3) is 0 Å². The highest BCUT2D eigenvalue weighted by molar-refractivity contribution is 7.88. The Hall–Kier alpha value is -2.39. The van der Waals surface area contributed by atoms with Gasteiger partial charge in [0, 0.05) is 24.2 Å². The number of carbonyl (C=O) groups is 1. The van der Waals surface area contributed by atoms with Crippen LogP contribution in [-0.4, -0.2) is 30.4 Å². The van der Waals surface area contributed by atoms with Crippen LogP contribution in [0.3, 0.4) is 0 Å². The van der Waals surface area contributed by atoms with E-state index in [1.807, 2.05) is 19.1 Å². The molecule has 0 unspecified atom stereocenters. The van der Waals surface area contributed by atoms with E-state index in [1.165, 1.54) is 23.3 Å². The second-order valence-electron chi connectivity index (χ2n) is 11.4. The van der Waals surface area contributed by atoms with Crippen LogP contribution >= 0.6 is 0 Å². The predicted molar refractivity (Wildman–Crippen MR) is 137 cm³/mol. The van der Waals surface area contributed by atoms with Crippen molar-refractivity contribution in [1.29, 1.82) is 0 Å². The summed E-state index contributed by atoms with van der Waals surface area (Å²) in [6.07, 6.45) is 11.4. The summed E-state index contributed by atoms with van der Waals surface area (Å²) >= 11 is 0. The Labute approximate surface area is 221 Å². The maximum atomic E-state index is 12.8. The molecule has 206 valence electrons. The molecule has 38 heavy (non-hydrogen) atoms. The lowest BCUT2D eigenvalue weighted by atomic mass is 9.51. The molecule has 4 aliphatic rings. The molecule has 0 aromatic heterocycles. The number of hydrogen-bond acceptors (Lipinski definition) is 5. The van der Waals surface area contributed by atoms with Gasteiger partial charge in [-0.25, -0.2) is 0 Å². The number of benzene rings is 1. The number of aliphatic hydroxyl groups is 1. The van der Waals surface area contributed by atoms with Gasteiger partial charge < -0.3 is 9.29 Å². The van der Waals surface area contributed by atoms with E-state index in [0.29, 0.717) is 38.5 Å². The molecule has 0 saturated heterocycles. The van der Waals surface area contributed by atoms with Crippen LogP contribution in [0.5, 0.6) is 5.75 Å². The molecule has 5 nitrogen and oxygen atoms in total. The molecule has 1 N–H and O–H groups in total. The Morgan fingerprint density at radius 3 is 2.55 bits per heavy atom. The van der Waals surface area contributed by atoms with E-state index < -0.39 is 32.4 Å². The fourth-order valence-electron chi connectivity index (χ4n) is 7.57. The first kappa shape index (κ1) is 27.2. The molecule has 5 atom stereocenters. The number of allylic oxidation sites excluding steroid dienone is 5. The Bertz CT molecular complexity index is 1320. The first-order valence-corrected chi connectivity index (χ1v) is 14.6. The third-order valence-corrected chi connectivity index (χ3v) is 10.5. The lowest BCUT2D eigenvalue weighted by molar-refractivity contribution is -0.118. The fourth-order valence-corrected chi connectivity index (χ4v) is 8.03. The van der Waals surface area contributed by atoms with Crippen molar-refractivity contribution in [2.75, 3.05) is 0 Å². The molecule has 3 fully saturated rings. The van der Waals surface area contributed by atoms with Gasteiger partial charge in [0.05, 0.1) is 5.60 Å². The zero-order valence-corrected chi connectivity index (χ0v) is 22.4. The minimum Gasteiger partial charge on any atom is -0.389 e. The standard InChI is InChI=1S/C29H33F3O5S/c1-3-4-14-28(34)15-13-25-23-11-7-19-16-20(33)8-12-22(19)26(23)24(17-27(25,28)2)18-5-9-21(10-6-18)37-38(35,36)29(30,31)32/h3-7,9-10,23-25,34H,8,11-17H2,1-2H3/t23-,24+,25-,27-,28-/m0/s1. The second-order valence-corrected chi connectivity index (χ2v) is 12.9. The first-order valence-electron chi connectivity index (χ1n) is 13.2. The average Bonchev–Trinajstić information content (AvgIpc) is 3.12. The van der Waals surface area contributed by atoms with Crippen molar-refractivity contribution in [1.82, 2.24) is 0 Å². The minimum absolute atomic E-state index is 0.114. The van der Waals surface area contributed by atoms with Crippen molar-refractivity contribution in [2.24, 2.45) is 17.3 Å². The van der Waals surface area contributed by atoms with Crippen LogP contribution < -0.4 is 4.18 Å². The molecule has 1 aromatic carbocycles. The quantitative estimate of drug-likeness (QED) is 0.257. The van der Waals surface area contributed by atoms with Gasteiger partial charge in [0.1, 0.15) is 11.5 Å². The molecular formula is C29H33F3O5S. The average molecular weight is 551 g/mol. The summed E-state index contributed by atoms with van der Waals surface area (Å²) < 4.78 is 65.7. The van der Waals surface area contributed by atoms with Crippen LogP contribution in [0, 0.1) is 17.3 Å². The molecule has 0 bridgehead atoms. The van der Waals surface area contributed by atoms with E-state index in [-0.39, 0.29) is 23.5 Å². The van der Waals surface area contributed by atoms with Gasteiger partial charge in [0.25, 0.3) is 0 Å². The van der Waals surface area contributed by atoms with E-state index in [2.05, 4.69) is 17.2 Å². The Morgan fingerprint density at radius 1 is 1.18 bits per heavy atom. The van der Waals surface area contributed by atoms with Gasteiger partial charge in [-0.15, -0.1) is 0 Å². The zero-order valence-electron chi connectivity index (χ0n) is 21.6. The highest BCUT2D eigenvalue weighted by Gasteiger charge is 2.62. The maximum absolute atomic E-state index is 12.8. The third-order valence-electron chi connectivity index (χ3n) is 9.50. The van der Waals surface area contributed by atoms with Crippen molar-refractivity contribution in [3.8, 4) is 5.75 Å². The van der Waals surface area contributed by atoms with Gasteiger partial charge in [-0.05, 0) is 86.1 Å². The number of hydrogen-bond donors (Lipinski definition) is 1. The third kappa shape index (κ3) is 4.35. The van der Waals surface area contributed by atoms with Crippen LogP contribution in [0.2, 0.25) is 0 Å². The van der Waals surface area contributed by atoms with Gasteiger partial charge >= 0.3 is 15.6 Å². The summed E-state index contributed by atoms with van der Waals surface area (Å²) in [6.45, 7) is 4.10. The van der Waals surface area contributed by atoms with Crippen molar-refractivity contribution < 1.29 is 35.7 Å². The highest BCUT2D eigenvalue weighted by atomic mass is 32.2. The largest absolute Gasteiger partial charge is 0.534 e. The Morgan fingerprint density at radius 2 is 1.89 bits per heavy atom. The van der Waals surface area contributed by atoms with Crippen LogP contribution in [0.4, 0.5) is 13.2 Å². The van der Waals surface area contributed by atoms with Crippen molar-refractivity contribution >= 4 is 15.9 Å². The van der Waals surface area contributed by atoms with Gasteiger partial charge in [-0.2, -0.15) is 21.6 Å². The number of alkyl halides is 3. The number of fused-ring (bicyclic) bond motifs is 4. The number of Topliss-reactive ketones (excluding diaryl/α,β-unsaturated/α-hetero) is 1. The minimum atomic E-state index is -5.76. The van der Waals surface area contributed by atoms with Gasteiger partial charge in [0.2, 0.25) is 0 Å².